The molecule has 0 rings (SSSR count). The molecule has 1 unspecified atom stereocenters. The van der Waals surface area contributed by atoms with Gasteiger partial charge < -0.3 is 18.9 Å². The average molecular weight is 446 g/mol. The molecule has 0 radical (unpaired) electrons. The smallest absolute Gasteiger partial charge is 0.458 e. The van der Waals surface area contributed by atoms with Crippen molar-refractivity contribution in [3.8, 4) is 0 Å². The van der Waals surface area contributed by atoms with Crippen LogP contribution < -0.4 is 0 Å². The minimum Gasteiger partial charge on any atom is -0.458 e. The maximum atomic E-state index is 12.0. The van der Waals surface area contributed by atoms with Crippen LogP contribution in [-0.2, 0) is 32.7 Å². The van der Waals surface area contributed by atoms with Gasteiger partial charge in [-0.25, -0.2) is 14.2 Å². The summed E-state index contributed by atoms with van der Waals surface area (Å²) in [6.45, 7) is 3.20. The highest BCUT2D eigenvalue weighted by atomic mass is 31.2. The third-order valence-corrected chi connectivity index (χ3v) is 4.19. The van der Waals surface area contributed by atoms with Gasteiger partial charge in [0, 0.05) is 12.2 Å². The first-order valence-corrected chi connectivity index (χ1v) is 10.9. The second kappa shape index (κ2) is 14.9. The zero-order valence-corrected chi connectivity index (χ0v) is 19.1. The Labute approximate surface area is 178 Å². The quantitative estimate of drug-likeness (QED) is 0.143. The van der Waals surface area contributed by atoms with Gasteiger partial charge >= 0.3 is 19.8 Å². The molecule has 0 aliphatic heterocycles. The number of quaternary nitrogens is 1. The zero-order chi connectivity index (χ0) is 23.0. The number of rotatable bonds is 14. The molecule has 10 heteroatoms. The van der Waals surface area contributed by atoms with Crippen LogP contribution in [0.15, 0.2) is 48.6 Å². The summed E-state index contributed by atoms with van der Waals surface area (Å²) in [6.07, 6.45) is 10.9. The van der Waals surface area contributed by atoms with E-state index in [9.17, 15) is 19.0 Å². The number of esters is 2. The van der Waals surface area contributed by atoms with E-state index in [0.29, 0.717) is 11.0 Å². The predicted molar refractivity (Wildman–Crippen MR) is 113 cm³/mol. The summed E-state index contributed by atoms with van der Waals surface area (Å²) in [5.41, 5.74) is 0. The van der Waals surface area contributed by atoms with E-state index in [0.717, 1.165) is 6.08 Å². The van der Waals surface area contributed by atoms with Crippen molar-refractivity contribution in [1.82, 2.24) is 0 Å². The van der Waals surface area contributed by atoms with E-state index in [1.165, 1.54) is 18.2 Å². The number of carbonyl (C=O) groups is 2. The van der Waals surface area contributed by atoms with Gasteiger partial charge in [0.25, 0.3) is 0 Å². The molecule has 2 atom stereocenters. The number of phosphoric ester groups is 1. The van der Waals surface area contributed by atoms with Gasteiger partial charge in [-0.2, -0.15) is 0 Å². The van der Waals surface area contributed by atoms with Crippen molar-refractivity contribution in [2.75, 3.05) is 47.5 Å². The normalized spacial score (nSPS) is 15.8. The lowest BCUT2D eigenvalue weighted by atomic mass is 10.4. The van der Waals surface area contributed by atoms with Gasteiger partial charge in [0.1, 0.15) is 19.8 Å². The Kier molecular flexibility index (Phi) is 13.9. The molecule has 0 aromatic heterocycles. The average Bonchev–Trinajstić information content (AvgIpc) is 2.63. The minimum atomic E-state index is -4.37. The first-order chi connectivity index (χ1) is 14.0. The van der Waals surface area contributed by atoms with Crippen LogP contribution >= 0.6 is 7.82 Å². The lowest BCUT2D eigenvalue weighted by Gasteiger charge is -2.24. The van der Waals surface area contributed by atoms with E-state index in [1.54, 1.807) is 38.2 Å². The van der Waals surface area contributed by atoms with E-state index in [2.05, 4.69) is 0 Å². The summed E-state index contributed by atoms with van der Waals surface area (Å²) >= 11 is 0. The Morgan fingerprint density at radius 1 is 0.933 bits per heavy atom. The molecule has 170 valence electrons. The fourth-order valence-electron chi connectivity index (χ4n) is 1.68. The summed E-state index contributed by atoms with van der Waals surface area (Å²) < 4.78 is 32.5. The molecule has 0 aromatic rings. The molecule has 0 aliphatic rings. The third kappa shape index (κ3) is 16.9. The Balaban J connectivity index is 4.86. The van der Waals surface area contributed by atoms with Gasteiger partial charge in [0.15, 0.2) is 6.10 Å². The van der Waals surface area contributed by atoms with Gasteiger partial charge in [0.05, 0.1) is 27.7 Å². The van der Waals surface area contributed by atoms with Crippen molar-refractivity contribution in [2.45, 2.75) is 20.0 Å². The van der Waals surface area contributed by atoms with Gasteiger partial charge in [0.2, 0.25) is 0 Å². The summed E-state index contributed by atoms with van der Waals surface area (Å²) in [6, 6.07) is 0. The number of allylic oxidation sites excluding steroid dienone is 6. The summed E-state index contributed by atoms with van der Waals surface area (Å²) in [7, 11) is 1.35. The van der Waals surface area contributed by atoms with Crippen LogP contribution in [0.2, 0.25) is 0 Å². The third-order valence-electron chi connectivity index (χ3n) is 3.21. The molecule has 1 N–H and O–H groups in total. The molecule has 0 spiro atoms. The molecule has 0 aromatic carbocycles. The van der Waals surface area contributed by atoms with Crippen molar-refractivity contribution >= 4 is 19.8 Å². The van der Waals surface area contributed by atoms with Crippen LogP contribution in [0.5, 0.6) is 0 Å². The fourth-order valence-corrected chi connectivity index (χ4v) is 2.42. The summed E-state index contributed by atoms with van der Waals surface area (Å²) in [5, 5.41) is 0. The fraction of sp³-hybridized carbons (Fsp3) is 0.500. The highest BCUT2D eigenvalue weighted by molar-refractivity contribution is 7.47. The van der Waals surface area contributed by atoms with Crippen molar-refractivity contribution in [3.05, 3.63) is 48.6 Å². The first kappa shape index (κ1) is 28.0. The van der Waals surface area contributed by atoms with Crippen LogP contribution in [0.1, 0.15) is 13.8 Å². The molecule has 0 fully saturated rings. The molecule has 0 saturated carbocycles. The molecular weight excluding hydrogens is 413 g/mol. The number of carbonyl (C=O) groups excluding carboxylic acids is 2. The van der Waals surface area contributed by atoms with Crippen molar-refractivity contribution < 1.29 is 42.1 Å². The molecule has 0 heterocycles. The maximum Gasteiger partial charge on any atom is 0.472 e. The van der Waals surface area contributed by atoms with Crippen molar-refractivity contribution in [3.63, 3.8) is 0 Å². The molecule has 0 saturated heterocycles. The Morgan fingerprint density at radius 2 is 1.50 bits per heavy atom. The summed E-state index contributed by atoms with van der Waals surface area (Å²) in [5.74, 6) is -1.38. The molecule has 9 nitrogen and oxygen atoms in total. The number of hydrogen-bond acceptors (Lipinski definition) is 7. The monoisotopic (exact) mass is 446 g/mol. The van der Waals surface area contributed by atoms with Crippen molar-refractivity contribution in [2.24, 2.45) is 0 Å². The Hall–Kier alpha value is -2.03. The van der Waals surface area contributed by atoms with E-state index in [-0.39, 0.29) is 13.2 Å². The van der Waals surface area contributed by atoms with Crippen LogP contribution in [-0.4, -0.2) is 74.9 Å². The number of hydrogen-bond donors (Lipinski definition) is 1. The lowest BCUT2D eigenvalue weighted by Crippen LogP contribution is -2.37. The van der Waals surface area contributed by atoms with Crippen LogP contribution in [0, 0.1) is 0 Å². The predicted octanol–water partition coefficient (Wildman–Crippen LogP) is 2.55. The van der Waals surface area contributed by atoms with Gasteiger partial charge in [-0.3, -0.25) is 9.05 Å². The minimum absolute atomic E-state index is 0.00144. The lowest BCUT2D eigenvalue weighted by molar-refractivity contribution is -0.870. The van der Waals surface area contributed by atoms with E-state index >= 15 is 0 Å². The largest absolute Gasteiger partial charge is 0.472 e. The SMILES string of the molecule is C/C=C/C=C/C(=O)OC[C@H](COP(=O)(O)OCC[N+](C)(C)C)OC(=O)/C=C/C=C/C. The van der Waals surface area contributed by atoms with Crippen LogP contribution in [0.3, 0.4) is 0 Å². The van der Waals surface area contributed by atoms with Crippen LogP contribution in [0.4, 0.5) is 0 Å². The number of ether oxygens (including phenoxy) is 2. The van der Waals surface area contributed by atoms with E-state index in [1.807, 2.05) is 21.1 Å². The second-order valence-electron chi connectivity index (χ2n) is 7.07. The molecular formula is C20H33NO8P+. The molecule has 0 bridgehead atoms. The van der Waals surface area contributed by atoms with Crippen LogP contribution in [0.25, 0.3) is 0 Å². The second-order valence-corrected chi connectivity index (χ2v) is 8.52. The number of phosphoric acid groups is 1. The first-order valence-electron chi connectivity index (χ1n) is 9.37. The number of nitrogens with zero attached hydrogens (tertiary/aromatic N) is 1. The highest BCUT2D eigenvalue weighted by Gasteiger charge is 2.26. The van der Waals surface area contributed by atoms with Gasteiger partial charge in [-0.1, -0.05) is 36.5 Å². The molecule has 0 aliphatic carbocycles. The van der Waals surface area contributed by atoms with E-state index < -0.39 is 32.5 Å². The van der Waals surface area contributed by atoms with Gasteiger partial charge in [-0.05, 0) is 13.8 Å². The molecule has 30 heavy (non-hydrogen) atoms. The van der Waals surface area contributed by atoms with Crippen molar-refractivity contribution in [1.29, 1.82) is 0 Å². The summed E-state index contributed by atoms with van der Waals surface area (Å²) in [4.78, 5) is 33.3. The topological polar surface area (TPSA) is 108 Å². The highest BCUT2D eigenvalue weighted by Crippen LogP contribution is 2.43. The number of likely N-dealkylation sites (N-methyl/N-ethyl adjacent to an activating group) is 1. The Morgan fingerprint density at radius 3 is 2.03 bits per heavy atom. The maximum absolute atomic E-state index is 12.0. The Bertz CT molecular complexity index is 691. The zero-order valence-electron chi connectivity index (χ0n) is 18.2. The van der Waals surface area contributed by atoms with E-state index in [4.69, 9.17) is 18.5 Å². The molecule has 0 amide bonds. The standard InChI is InChI=1S/C20H32NO8P/c1-6-8-10-12-19(22)26-16-18(29-20(23)13-11-9-7-2)17-28-30(24,25)27-15-14-21(3,4)5/h6-13,18H,14-17H2,1-5H3/p+1/b8-6+,9-7+,12-10+,13-11+/t18-/m1/s1. The van der Waals surface area contributed by atoms with Gasteiger partial charge in [-0.15, -0.1) is 0 Å².